The molecule has 1 fully saturated rings. The van der Waals surface area contributed by atoms with Gasteiger partial charge >= 0.3 is 6.09 Å². The molecule has 0 unspecified atom stereocenters. The lowest BCUT2D eigenvalue weighted by molar-refractivity contribution is -0.132. The molecular formula is C25H26N2O6. The first-order valence-corrected chi connectivity index (χ1v) is 11.0. The minimum absolute atomic E-state index is 0.0861. The maximum atomic E-state index is 13.9. The number of carbonyl (C=O) groups excluding carboxylic acids is 2. The van der Waals surface area contributed by atoms with E-state index in [1.165, 1.54) is 0 Å². The Bertz CT molecular complexity index is 1130. The summed E-state index contributed by atoms with van der Waals surface area (Å²) in [6.45, 7) is 6.41. The third kappa shape index (κ3) is 3.90. The van der Waals surface area contributed by atoms with E-state index >= 15 is 0 Å². The molecule has 2 aromatic rings. The van der Waals surface area contributed by atoms with Crippen LogP contribution in [0.2, 0.25) is 0 Å². The van der Waals surface area contributed by atoms with Crippen LogP contribution in [0, 0.1) is 0 Å². The number of Topliss-reactive ketones (excluding diaryl/α,β-unsaturated/α-hetero) is 1. The average Bonchev–Trinajstić information content (AvgIpc) is 3.36. The fourth-order valence-corrected chi connectivity index (χ4v) is 4.35. The zero-order chi connectivity index (χ0) is 23.2. The summed E-state index contributed by atoms with van der Waals surface area (Å²) in [5, 5.41) is 0. The van der Waals surface area contributed by atoms with Crippen molar-refractivity contribution in [2.75, 3.05) is 19.9 Å². The Morgan fingerprint density at radius 3 is 2.42 bits per heavy atom. The van der Waals surface area contributed by atoms with Crippen LogP contribution in [0.25, 0.3) is 11.3 Å². The van der Waals surface area contributed by atoms with Gasteiger partial charge in [0.1, 0.15) is 11.4 Å². The molecule has 172 valence electrons. The summed E-state index contributed by atoms with van der Waals surface area (Å²) in [5.74, 6) is 1.68. The largest absolute Gasteiger partial charge is 0.478 e. The van der Waals surface area contributed by atoms with E-state index < -0.39 is 11.2 Å². The Morgan fingerprint density at radius 1 is 1.03 bits per heavy atom. The number of nitrogens with zero attached hydrogens (tertiary/aromatic N) is 2. The number of hydrogen-bond acceptors (Lipinski definition) is 7. The van der Waals surface area contributed by atoms with Gasteiger partial charge in [-0.2, -0.15) is 0 Å². The molecule has 33 heavy (non-hydrogen) atoms. The Kier molecular flexibility index (Phi) is 5.03. The molecule has 1 spiro atoms. The number of piperidine rings is 1. The molecule has 3 aliphatic rings. The lowest BCUT2D eigenvalue weighted by Gasteiger charge is -2.38. The number of fused-ring (bicyclic) bond motifs is 1. The average molecular weight is 450 g/mol. The fraction of sp³-hybridized carbons (Fsp3) is 0.400. The molecule has 0 saturated carbocycles. The maximum absolute atomic E-state index is 13.9. The molecule has 8 heteroatoms. The van der Waals surface area contributed by atoms with Crippen LogP contribution in [0.15, 0.2) is 42.7 Å². The highest BCUT2D eigenvalue weighted by atomic mass is 16.7. The standard InChI is InChI=1S/C25H26N2O6/c1-24(2,3)33-23(29)27-12-8-25(9-13-27)22(28)20(21(32-25)16-6-10-26-11-7-16)17-4-5-18-19(14-17)31-15-30-18/h4-7,10-11,14H,8-9,12-13,15H2,1-3H3. The number of ketones is 1. The quantitative estimate of drug-likeness (QED) is 0.682. The van der Waals surface area contributed by atoms with E-state index in [0.29, 0.717) is 54.3 Å². The van der Waals surface area contributed by atoms with Crippen LogP contribution in [0.5, 0.6) is 11.5 Å². The second-order valence-electron chi connectivity index (χ2n) is 9.40. The SMILES string of the molecule is CC(C)(C)OC(=O)N1CCC2(CC1)OC(c1ccncc1)=C(c1ccc3c(c1)OCO3)C2=O. The molecule has 0 aliphatic carbocycles. The summed E-state index contributed by atoms with van der Waals surface area (Å²) < 4.78 is 22.9. The fourth-order valence-electron chi connectivity index (χ4n) is 4.35. The number of hydrogen-bond donors (Lipinski definition) is 0. The lowest BCUT2D eigenvalue weighted by Crippen LogP contribution is -2.51. The predicted octanol–water partition coefficient (Wildman–Crippen LogP) is 4.05. The van der Waals surface area contributed by atoms with Crippen LogP contribution in [0.3, 0.4) is 0 Å². The van der Waals surface area contributed by atoms with Crippen molar-refractivity contribution in [3.63, 3.8) is 0 Å². The molecule has 0 bridgehead atoms. The normalized spacial score (nSPS) is 19.1. The number of benzene rings is 1. The van der Waals surface area contributed by atoms with Crippen molar-refractivity contribution in [2.45, 2.75) is 44.8 Å². The lowest BCUT2D eigenvalue weighted by atomic mass is 9.83. The van der Waals surface area contributed by atoms with Crippen LogP contribution < -0.4 is 9.47 Å². The van der Waals surface area contributed by atoms with Crippen LogP contribution in [0.4, 0.5) is 4.79 Å². The van der Waals surface area contributed by atoms with E-state index in [4.69, 9.17) is 18.9 Å². The van der Waals surface area contributed by atoms with E-state index in [2.05, 4.69) is 4.98 Å². The van der Waals surface area contributed by atoms with Crippen molar-refractivity contribution >= 4 is 23.2 Å². The summed E-state index contributed by atoms with van der Waals surface area (Å²) in [7, 11) is 0. The number of pyridine rings is 1. The van der Waals surface area contributed by atoms with Crippen LogP contribution >= 0.6 is 0 Å². The smallest absolute Gasteiger partial charge is 0.410 e. The Hall–Kier alpha value is -3.55. The van der Waals surface area contributed by atoms with Gasteiger partial charge in [0.15, 0.2) is 17.1 Å². The first-order chi connectivity index (χ1) is 15.8. The number of likely N-dealkylation sites (tertiary alicyclic amines) is 1. The minimum atomic E-state index is -1.02. The topological polar surface area (TPSA) is 87.2 Å². The number of rotatable bonds is 2. The Balaban J connectivity index is 1.45. The summed E-state index contributed by atoms with van der Waals surface area (Å²) in [4.78, 5) is 32.1. The van der Waals surface area contributed by atoms with Gasteiger partial charge in [-0.3, -0.25) is 9.78 Å². The van der Waals surface area contributed by atoms with Gasteiger partial charge in [-0.1, -0.05) is 6.07 Å². The van der Waals surface area contributed by atoms with Crippen molar-refractivity contribution in [3.05, 3.63) is 53.9 Å². The third-order valence-electron chi connectivity index (χ3n) is 5.99. The molecule has 0 radical (unpaired) electrons. The molecule has 1 saturated heterocycles. The van der Waals surface area contributed by atoms with Gasteiger partial charge in [-0.15, -0.1) is 0 Å². The number of ether oxygens (including phenoxy) is 4. The van der Waals surface area contributed by atoms with Gasteiger partial charge in [0.05, 0.1) is 5.57 Å². The highest BCUT2D eigenvalue weighted by Gasteiger charge is 2.52. The summed E-state index contributed by atoms with van der Waals surface area (Å²) in [5.41, 5.74) is 0.391. The molecule has 0 N–H and O–H groups in total. The van der Waals surface area contributed by atoms with Crippen LogP contribution in [-0.2, 0) is 14.3 Å². The molecule has 3 aliphatic heterocycles. The van der Waals surface area contributed by atoms with Gasteiger partial charge in [-0.25, -0.2) is 4.79 Å². The van der Waals surface area contributed by atoms with Crippen LogP contribution in [0.1, 0.15) is 44.7 Å². The summed E-state index contributed by atoms with van der Waals surface area (Å²) >= 11 is 0. The molecule has 5 rings (SSSR count). The van der Waals surface area contributed by atoms with E-state index in [-0.39, 0.29) is 18.7 Å². The summed E-state index contributed by atoms with van der Waals surface area (Å²) in [6, 6.07) is 9.11. The second kappa shape index (κ2) is 7.79. The number of carbonyl (C=O) groups is 2. The van der Waals surface area contributed by atoms with Gasteiger partial charge in [-0.05, 0) is 50.6 Å². The van der Waals surface area contributed by atoms with Crippen molar-refractivity contribution in [2.24, 2.45) is 0 Å². The molecule has 1 aromatic carbocycles. The molecule has 0 atom stereocenters. The van der Waals surface area contributed by atoms with E-state index in [1.807, 2.05) is 45.0 Å². The van der Waals surface area contributed by atoms with E-state index in [1.54, 1.807) is 23.4 Å². The van der Waals surface area contributed by atoms with E-state index in [0.717, 1.165) is 5.56 Å². The zero-order valence-corrected chi connectivity index (χ0v) is 18.9. The molecule has 8 nitrogen and oxygen atoms in total. The zero-order valence-electron chi connectivity index (χ0n) is 18.9. The number of amides is 1. The molecular weight excluding hydrogens is 424 g/mol. The third-order valence-corrected chi connectivity index (χ3v) is 5.99. The van der Waals surface area contributed by atoms with Gasteiger partial charge in [0, 0.05) is 43.9 Å². The Labute approximate surface area is 192 Å². The molecule has 1 amide bonds. The Morgan fingerprint density at radius 2 is 1.73 bits per heavy atom. The second-order valence-corrected chi connectivity index (χ2v) is 9.40. The molecule has 4 heterocycles. The highest BCUT2D eigenvalue weighted by molar-refractivity contribution is 6.33. The van der Waals surface area contributed by atoms with Crippen molar-refractivity contribution in [3.8, 4) is 11.5 Å². The van der Waals surface area contributed by atoms with E-state index in [9.17, 15) is 9.59 Å². The van der Waals surface area contributed by atoms with Crippen LogP contribution in [-0.4, -0.2) is 52.8 Å². The number of aromatic nitrogens is 1. The van der Waals surface area contributed by atoms with Gasteiger partial charge in [0.2, 0.25) is 12.6 Å². The van der Waals surface area contributed by atoms with Gasteiger partial charge < -0.3 is 23.8 Å². The minimum Gasteiger partial charge on any atom is -0.478 e. The predicted molar refractivity (Wildman–Crippen MR) is 119 cm³/mol. The van der Waals surface area contributed by atoms with Gasteiger partial charge in [0.25, 0.3) is 0 Å². The van der Waals surface area contributed by atoms with Crippen molar-refractivity contribution in [1.29, 1.82) is 0 Å². The highest BCUT2D eigenvalue weighted by Crippen LogP contribution is 2.47. The summed E-state index contributed by atoms with van der Waals surface area (Å²) in [6.07, 6.45) is 3.73. The first-order valence-electron chi connectivity index (χ1n) is 11.0. The monoisotopic (exact) mass is 450 g/mol. The first kappa shape index (κ1) is 21.3. The molecule has 1 aromatic heterocycles. The van der Waals surface area contributed by atoms with Crippen molar-refractivity contribution < 1.29 is 28.5 Å². The maximum Gasteiger partial charge on any atom is 0.410 e. The van der Waals surface area contributed by atoms with Crippen molar-refractivity contribution in [1.82, 2.24) is 9.88 Å².